The van der Waals surface area contributed by atoms with Crippen molar-refractivity contribution >= 4 is 29.1 Å². The minimum Gasteiger partial charge on any atom is -0.464 e. The minimum absolute atomic E-state index is 0.0122. The number of aromatic nitrogens is 2. The zero-order valence-electron chi connectivity index (χ0n) is 17.2. The van der Waals surface area contributed by atoms with Crippen molar-refractivity contribution in [1.82, 2.24) is 19.8 Å². The number of imidazole rings is 1. The van der Waals surface area contributed by atoms with Gasteiger partial charge in [-0.25, -0.2) is 9.78 Å². The molecule has 1 saturated carbocycles. The number of methoxy groups -OCH3 is 1. The van der Waals surface area contributed by atoms with Crippen LogP contribution in [0.2, 0.25) is 0 Å². The van der Waals surface area contributed by atoms with Crippen LogP contribution >= 0.6 is 11.3 Å². The molecule has 1 aliphatic heterocycles. The Morgan fingerprint density at radius 1 is 1.37 bits per heavy atom. The molecular weight excluding hydrogens is 404 g/mol. The van der Waals surface area contributed by atoms with Gasteiger partial charge in [0.1, 0.15) is 11.2 Å². The summed E-state index contributed by atoms with van der Waals surface area (Å²) in [6.45, 7) is 2.41. The van der Waals surface area contributed by atoms with E-state index in [9.17, 15) is 14.4 Å². The van der Waals surface area contributed by atoms with Gasteiger partial charge in [0.25, 0.3) is 5.91 Å². The highest BCUT2D eigenvalue weighted by Crippen LogP contribution is 2.30. The van der Waals surface area contributed by atoms with Gasteiger partial charge in [-0.15, -0.1) is 11.3 Å². The average molecular weight is 431 g/mol. The molecule has 1 fully saturated rings. The number of carbonyl (C=O) groups excluding carboxylic acids is 3. The largest absolute Gasteiger partial charge is 0.464 e. The topological polar surface area (TPSA) is 93.5 Å². The Balaban J connectivity index is 1.67. The van der Waals surface area contributed by atoms with Crippen LogP contribution in [0.1, 0.15) is 58.5 Å². The van der Waals surface area contributed by atoms with Crippen molar-refractivity contribution in [3.63, 3.8) is 0 Å². The summed E-state index contributed by atoms with van der Waals surface area (Å²) in [6.07, 6.45) is 6.23. The van der Waals surface area contributed by atoms with E-state index < -0.39 is 11.5 Å². The standard InChI is InChI=1S/C21H26N4O4S/c1-21(20(28)23-14-6-3-4-7-14)12-24-13-22-16(19(27)29-2)17(24)18(26)25(21)10-9-15-8-5-11-30-15/h5,8,11,13-14H,3-4,6-7,9-10,12H2,1-2H3,(H,23,28)/t21-/m1/s1. The number of carbonyl (C=O) groups is 3. The van der Waals surface area contributed by atoms with E-state index in [2.05, 4.69) is 10.3 Å². The normalized spacial score (nSPS) is 21.5. The highest BCUT2D eigenvalue weighted by atomic mass is 32.1. The van der Waals surface area contributed by atoms with E-state index in [0.29, 0.717) is 13.0 Å². The SMILES string of the molecule is COC(=O)c1ncn2c1C(=O)N(CCc1cccs1)[C@@](C)(C(=O)NC1CCCC1)C2. The third-order valence-electron chi connectivity index (χ3n) is 6.08. The van der Waals surface area contributed by atoms with Gasteiger partial charge < -0.3 is 19.5 Å². The molecule has 2 amide bonds. The highest BCUT2D eigenvalue weighted by molar-refractivity contribution is 7.09. The average Bonchev–Trinajstić information content (AvgIpc) is 3.49. The van der Waals surface area contributed by atoms with E-state index in [1.54, 1.807) is 27.7 Å². The molecule has 0 spiro atoms. The second-order valence-corrected chi connectivity index (χ2v) is 9.11. The Morgan fingerprint density at radius 2 is 2.13 bits per heavy atom. The Labute approximate surface area is 179 Å². The van der Waals surface area contributed by atoms with E-state index in [1.165, 1.54) is 13.4 Å². The molecule has 0 radical (unpaired) electrons. The van der Waals surface area contributed by atoms with Crippen LogP contribution in [0.25, 0.3) is 0 Å². The maximum absolute atomic E-state index is 13.5. The fraction of sp³-hybridized carbons (Fsp3) is 0.524. The molecule has 3 heterocycles. The Bertz CT molecular complexity index is 948. The minimum atomic E-state index is -1.07. The van der Waals surface area contributed by atoms with Gasteiger partial charge >= 0.3 is 5.97 Å². The fourth-order valence-corrected chi connectivity index (χ4v) is 5.07. The second kappa shape index (κ2) is 8.22. The number of hydrogen-bond donors (Lipinski definition) is 1. The molecule has 0 aromatic carbocycles. The first-order valence-corrected chi connectivity index (χ1v) is 11.1. The van der Waals surface area contributed by atoms with Crippen LogP contribution in [-0.4, -0.2) is 57.5 Å². The number of hydrogen-bond acceptors (Lipinski definition) is 6. The predicted octanol–water partition coefficient (Wildman–Crippen LogP) is 2.25. The smallest absolute Gasteiger partial charge is 0.359 e. The van der Waals surface area contributed by atoms with Crippen molar-refractivity contribution in [3.05, 3.63) is 40.1 Å². The molecule has 0 bridgehead atoms. The number of fused-ring (bicyclic) bond motifs is 1. The third kappa shape index (κ3) is 3.62. The van der Waals surface area contributed by atoms with E-state index in [0.717, 1.165) is 30.6 Å². The number of ether oxygens (including phenoxy) is 1. The van der Waals surface area contributed by atoms with Crippen molar-refractivity contribution in [3.8, 4) is 0 Å². The molecule has 2 aromatic heterocycles. The first-order valence-electron chi connectivity index (χ1n) is 10.2. The highest BCUT2D eigenvalue weighted by Gasteiger charge is 2.49. The van der Waals surface area contributed by atoms with Crippen molar-refractivity contribution < 1.29 is 19.1 Å². The van der Waals surface area contributed by atoms with Crippen LogP contribution in [0, 0.1) is 0 Å². The van der Waals surface area contributed by atoms with E-state index in [-0.39, 0.29) is 35.8 Å². The maximum Gasteiger partial charge on any atom is 0.359 e. The van der Waals surface area contributed by atoms with Crippen molar-refractivity contribution in [2.45, 2.75) is 57.2 Å². The van der Waals surface area contributed by atoms with Crippen molar-refractivity contribution in [2.24, 2.45) is 0 Å². The molecule has 0 unspecified atom stereocenters. The van der Waals surface area contributed by atoms with E-state index in [4.69, 9.17) is 4.74 Å². The third-order valence-corrected chi connectivity index (χ3v) is 7.02. The molecule has 0 saturated heterocycles. The number of nitrogens with zero attached hydrogens (tertiary/aromatic N) is 3. The van der Waals surface area contributed by atoms with Gasteiger partial charge in [0.05, 0.1) is 20.0 Å². The number of thiophene rings is 1. The number of rotatable bonds is 6. The molecule has 1 N–H and O–H groups in total. The number of esters is 1. The Morgan fingerprint density at radius 3 is 2.80 bits per heavy atom. The van der Waals surface area contributed by atoms with E-state index in [1.807, 2.05) is 17.5 Å². The summed E-state index contributed by atoms with van der Waals surface area (Å²) >= 11 is 1.62. The molecule has 30 heavy (non-hydrogen) atoms. The monoisotopic (exact) mass is 430 g/mol. The lowest BCUT2D eigenvalue weighted by Gasteiger charge is -2.44. The van der Waals surface area contributed by atoms with Gasteiger partial charge in [-0.1, -0.05) is 18.9 Å². The predicted molar refractivity (Wildman–Crippen MR) is 111 cm³/mol. The lowest BCUT2D eigenvalue weighted by Crippen LogP contribution is -2.65. The summed E-state index contributed by atoms with van der Waals surface area (Å²) in [5.41, 5.74) is -0.904. The molecule has 2 aliphatic rings. The number of amides is 2. The first kappa shape index (κ1) is 20.6. The molecule has 2 aromatic rings. The van der Waals surface area contributed by atoms with Crippen LogP contribution < -0.4 is 5.32 Å². The molecule has 9 heteroatoms. The van der Waals surface area contributed by atoms with E-state index >= 15 is 0 Å². The molecule has 8 nitrogen and oxygen atoms in total. The van der Waals surface area contributed by atoms with Crippen LogP contribution in [0.15, 0.2) is 23.8 Å². The first-order chi connectivity index (χ1) is 14.4. The summed E-state index contributed by atoms with van der Waals surface area (Å²) in [5, 5.41) is 5.14. The fourth-order valence-electron chi connectivity index (χ4n) is 4.37. The summed E-state index contributed by atoms with van der Waals surface area (Å²) in [6, 6.07) is 4.13. The second-order valence-electron chi connectivity index (χ2n) is 8.08. The van der Waals surface area contributed by atoms with Gasteiger partial charge in [-0.05, 0) is 37.6 Å². The van der Waals surface area contributed by atoms with Crippen LogP contribution in [0.3, 0.4) is 0 Å². The zero-order chi connectivity index (χ0) is 21.3. The van der Waals surface area contributed by atoms with Gasteiger partial charge in [-0.2, -0.15) is 0 Å². The van der Waals surface area contributed by atoms with Gasteiger partial charge in [0, 0.05) is 17.5 Å². The Hall–Kier alpha value is -2.68. The molecule has 4 rings (SSSR count). The lowest BCUT2D eigenvalue weighted by molar-refractivity contribution is -0.133. The molecular formula is C21H26N4O4S. The molecule has 1 aliphatic carbocycles. The van der Waals surface area contributed by atoms with Crippen LogP contribution in [0.4, 0.5) is 0 Å². The van der Waals surface area contributed by atoms with Gasteiger partial charge in [0.2, 0.25) is 5.91 Å². The lowest BCUT2D eigenvalue weighted by atomic mass is 9.93. The van der Waals surface area contributed by atoms with Crippen LogP contribution in [-0.2, 0) is 22.5 Å². The number of nitrogens with one attached hydrogen (secondary N) is 1. The molecule has 1 atom stereocenters. The summed E-state index contributed by atoms with van der Waals surface area (Å²) in [5.74, 6) is -1.19. The Kier molecular flexibility index (Phi) is 5.64. The van der Waals surface area contributed by atoms with Gasteiger partial charge in [-0.3, -0.25) is 9.59 Å². The summed E-state index contributed by atoms with van der Waals surface area (Å²) in [4.78, 5) is 45.8. The van der Waals surface area contributed by atoms with Crippen molar-refractivity contribution in [2.75, 3.05) is 13.7 Å². The summed E-state index contributed by atoms with van der Waals surface area (Å²) in [7, 11) is 1.26. The van der Waals surface area contributed by atoms with Crippen molar-refractivity contribution in [1.29, 1.82) is 0 Å². The maximum atomic E-state index is 13.5. The zero-order valence-corrected chi connectivity index (χ0v) is 18.0. The molecule has 160 valence electrons. The quantitative estimate of drug-likeness (QED) is 0.710. The van der Waals surface area contributed by atoms with Gasteiger partial charge in [0.15, 0.2) is 5.69 Å². The van der Waals surface area contributed by atoms with Crippen LogP contribution in [0.5, 0.6) is 0 Å². The summed E-state index contributed by atoms with van der Waals surface area (Å²) < 4.78 is 6.39.